The van der Waals surface area contributed by atoms with Crippen LogP contribution in [-0.4, -0.2) is 11.8 Å². The molecular weight excluding hydrogens is 451 g/mol. The van der Waals surface area contributed by atoms with Gasteiger partial charge in [0.1, 0.15) is 5.25 Å². The molecule has 31 heavy (non-hydrogen) atoms. The number of thioether (sulfide) groups is 1. The molecule has 3 rings (SSSR count). The molecule has 0 spiro atoms. The van der Waals surface area contributed by atoms with E-state index in [-0.39, 0.29) is 11.8 Å². The Morgan fingerprint density at radius 2 is 1.71 bits per heavy atom. The molecule has 0 aliphatic heterocycles. The van der Waals surface area contributed by atoms with Crippen LogP contribution in [0.3, 0.4) is 0 Å². The molecule has 0 saturated carbocycles. The third-order valence-electron chi connectivity index (χ3n) is 4.38. The van der Waals surface area contributed by atoms with Crippen LogP contribution >= 0.6 is 35.0 Å². The number of rotatable bonds is 8. The molecule has 7 heteroatoms. The summed E-state index contributed by atoms with van der Waals surface area (Å²) in [6.45, 7) is 1.96. The number of hydrogen-bond acceptors (Lipinski definition) is 3. The maximum Gasteiger partial charge on any atom is 0.242 e. The molecule has 2 amide bonds. The van der Waals surface area contributed by atoms with E-state index in [0.29, 0.717) is 27.8 Å². The number of halogens is 2. The van der Waals surface area contributed by atoms with Crippen LogP contribution < -0.4 is 10.6 Å². The first kappa shape index (κ1) is 23.2. The van der Waals surface area contributed by atoms with Crippen LogP contribution in [0, 0.1) is 0 Å². The summed E-state index contributed by atoms with van der Waals surface area (Å²) in [5, 5.41) is 6.15. The predicted octanol–water partition coefficient (Wildman–Crippen LogP) is 7.20. The van der Waals surface area contributed by atoms with Crippen LogP contribution in [-0.2, 0) is 9.59 Å². The molecule has 1 atom stereocenters. The second kappa shape index (κ2) is 11.2. The van der Waals surface area contributed by atoms with Gasteiger partial charge < -0.3 is 10.6 Å². The highest BCUT2D eigenvalue weighted by molar-refractivity contribution is 8.00. The Kier molecular flexibility index (Phi) is 8.41. The summed E-state index contributed by atoms with van der Waals surface area (Å²) in [6, 6.07) is 21.9. The molecule has 0 saturated heterocycles. The summed E-state index contributed by atoms with van der Waals surface area (Å²) >= 11 is 13.7. The first-order chi connectivity index (χ1) is 15.0. The zero-order valence-electron chi connectivity index (χ0n) is 16.9. The fraction of sp³-hybridized carbons (Fsp3) is 0.167. The summed E-state index contributed by atoms with van der Waals surface area (Å²) in [5.74, 6) is -0.251. The van der Waals surface area contributed by atoms with E-state index in [2.05, 4.69) is 10.6 Å². The fourth-order valence-electron chi connectivity index (χ4n) is 2.93. The van der Waals surface area contributed by atoms with Crippen LogP contribution in [0.1, 0.15) is 30.6 Å². The van der Waals surface area contributed by atoms with E-state index in [4.69, 9.17) is 23.2 Å². The van der Waals surface area contributed by atoms with Gasteiger partial charge in [-0.3, -0.25) is 9.59 Å². The van der Waals surface area contributed by atoms with Crippen molar-refractivity contribution in [2.75, 3.05) is 10.6 Å². The fourth-order valence-corrected chi connectivity index (χ4v) is 4.35. The average Bonchev–Trinajstić information content (AvgIpc) is 2.75. The lowest BCUT2D eigenvalue weighted by Crippen LogP contribution is -2.19. The van der Waals surface area contributed by atoms with E-state index in [0.717, 1.165) is 16.9 Å². The molecular formula is C24H22Cl2N2O2S. The van der Waals surface area contributed by atoms with Gasteiger partial charge in [0.15, 0.2) is 0 Å². The lowest BCUT2D eigenvalue weighted by atomic mass is 10.1. The quantitative estimate of drug-likeness (QED) is 0.340. The van der Waals surface area contributed by atoms with Crippen LogP contribution in [0.25, 0.3) is 0 Å². The van der Waals surface area contributed by atoms with Gasteiger partial charge in [0, 0.05) is 22.0 Å². The Labute approximate surface area is 196 Å². The van der Waals surface area contributed by atoms with E-state index in [1.807, 2.05) is 61.5 Å². The molecule has 0 aromatic heterocycles. The molecule has 0 aliphatic carbocycles. The smallest absolute Gasteiger partial charge is 0.242 e. The van der Waals surface area contributed by atoms with Crippen molar-refractivity contribution < 1.29 is 9.59 Å². The van der Waals surface area contributed by atoms with Crippen molar-refractivity contribution in [3.05, 3.63) is 88.4 Å². The molecule has 3 aromatic rings. The minimum absolute atomic E-state index is 0.0300. The van der Waals surface area contributed by atoms with Gasteiger partial charge in [-0.2, -0.15) is 0 Å². The van der Waals surface area contributed by atoms with Crippen molar-refractivity contribution in [3.63, 3.8) is 0 Å². The van der Waals surface area contributed by atoms with Crippen LogP contribution in [0.4, 0.5) is 11.4 Å². The number of benzene rings is 3. The monoisotopic (exact) mass is 472 g/mol. The molecule has 4 nitrogen and oxygen atoms in total. The standard InChI is InChI=1S/C24H22Cl2N2O2S/c1-2-7-22(29)27-18-10-6-11-19(15-18)31-23(16-8-4-3-5-9-16)24(30)28-21-14-17(25)12-13-20(21)26/h3-6,8-15,23H,2,7H2,1H3,(H,27,29)(H,28,30). The van der Waals surface area contributed by atoms with Gasteiger partial charge in [-0.05, 0) is 48.4 Å². The van der Waals surface area contributed by atoms with E-state index in [1.165, 1.54) is 11.8 Å². The van der Waals surface area contributed by atoms with E-state index in [9.17, 15) is 9.59 Å². The summed E-state index contributed by atoms with van der Waals surface area (Å²) in [6.07, 6.45) is 1.25. The maximum atomic E-state index is 13.2. The maximum absolute atomic E-state index is 13.2. The Morgan fingerprint density at radius 3 is 2.45 bits per heavy atom. The minimum Gasteiger partial charge on any atom is -0.326 e. The van der Waals surface area contributed by atoms with Crippen molar-refractivity contribution in [2.45, 2.75) is 29.9 Å². The first-order valence-corrected chi connectivity index (χ1v) is 11.5. The third kappa shape index (κ3) is 6.76. The zero-order valence-corrected chi connectivity index (χ0v) is 19.2. The van der Waals surface area contributed by atoms with Gasteiger partial charge in [-0.1, -0.05) is 66.5 Å². The predicted molar refractivity (Wildman–Crippen MR) is 130 cm³/mol. The van der Waals surface area contributed by atoms with Gasteiger partial charge in [0.2, 0.25) is 11.8 Å². The van der Waals surface area contributed by atoms with Crippen molar-refractivity contribution in [2.24, 2.45) is 0 Å². The number of nitrogens with one attached hydrogen (secondary N) is 2. The van der Waals surface area contributed by atoms with Crippen molar-refractivity contribution in [3.8, 4) is 0 Å². The lowest BCUT2D eigenvalue weighted by Gasteiger charge is -2.18. The van der Waals surface area contributed by atoms with Gasteiger partial charge in [0.05, 0.1) is 10.7 Å². The van der Waals surface area contributed by atoms with Gasteiger partial charge >= 0.3 is 0 Å². The highest BCUT2D eigenvalue weighted by atomic mass is 35.5. The molecule has 0 heterocycles. The Balaban J connectivity index is 1.84. The second-order valence-corrected chi connectivity index (χ2v) is 8.87. The summed E-state index contributed by atoms with van der Waals surface area (Å²) in [5.41, 5.74) is 2.01. The van der Waals surface area contributed by atoms with E-state index in [1.54, 1.807) is 18.2 Å². The third-order valence-corrected chi connectivity index (χ3v) is 6.19. The zero-order chi connectivity index (χ0) is 22.2. The SMILES string of the molecule is CCCC(=O)Nc1cccc(SC(C(=O)Nc2cc(Cl)ccc2Cl)c2ccccc2)c1. The van der Waals surface area contributed by atoms with Gasteiger partial charge in [-0.15, -0.1) is 11.8 Å². The van der Waals surface area contributed by atoms with Crippen molar-refractivity contribution >= 4 is 58.2 Å². The van der Waals surface area contributed by atoms with Gasteiger partial charge in [-0.25, -0.2) is 0 Å². The highest BCUT2D eigenvalue weighted by Crippen LogP contribution is 2.38. The molecule has 160 valence electrons. The molecule has 3 aromatic carbocycles. The molecule has 0 aliphatic rings. The molecule has 0 radical (unpaired) electrons. The van der Waals surface area contributed by atoms with E-state index >= 15 is 0 Å². The molecule has 2 N–H and O–H groups in total. The number of carbonyl (C=O) groups excluding carboxylic acids is 2. The Bertz CT molecular complexity index is 1060. The normalized spacial score (nSPS) is 11.6. The number of hydrogen-bond donors (Lipinski definition) is 2. The summed E-state index contributed by atoms with van der Waals surface area (Å²) in [7, 11) is 0. The largest absolute Gasteiger partial charge is 0.326 e. The topological polar surface area (TPSA) is 58.2 Å². The minimum atomic E-state index is -0.530. The molecule has 0 bridgehead atoms. The van der Waals surface area contributed by atoms with E-state index < -0.39 is 5.25 Å². The molecule has 1 unspecified atom stereocenters. The average molecular weight is 473 g/mol. The second-order valence-electron chi connectivity index (χ2n) is 6.85. The highest BCUT2D eigenvalue weighted by Gasteiger charge is 2.23. The number of anilines is 2. The number of amides is 2. The van der Waals surface area contributed by atoms with Crippen LogP contribution in [0.2, 0.25) is 10.0 Å². The number of carbonyl (C=O) groups is 2. The van der Waals surface area contributed by atoms with Crippen LogP contribution in [0.5, 0.6) is 0 Å². The lowest BCUT2D eigenvalue weighted by molar-refractivity contribution is -0.116. The Morgan fingerprint density at radius 1 is 0.935 bits per heavy atom. The first-order valence-electron chi connectivity index (χ1n) is 9.83. The van der Waals surface area contributed by atoms with Crippen molar-refractivity contribution in [1.29, 1.82) is 0 Å². The van der Waals surface area contributed by atoms with Crippen molar-refractivity contribution in [1.82, 2.24) is 0 Å². The summed E-state index contributed by atoms with van der Waals surface area (Å²) < 4.78 is 0. The van der Waals surface area contributed by atoms with Crippen LogP contribution in [0.15, 0.2) is 77.7 Å². The van der Waals surface area contributed by atoms with Gasteiger partial charge in [0.25, 0.3) is 0 Å². The molecule has 0 fully saturated rings. The summed E-state index contributed by atoms with van der Waals surface area (Å²) in [4.78, 5) is 26.0. The Hall–Kier alpha value is -2.47.